The lowest BCUT2D eigenvalue weighted by molar-refractivity contribution is 0.0135. The Balaban J connectivity index is 1.30. The number of hydrogen-bond acceptors (Lipinski definition) is 6. The monoisotopic (exact) mass is 443 g/mol. The number of nitrogen functional groups attached to an aromatic ring is 1. The molecule has 0 bridgehead atoms. The van der Waals surface area contributed by atoms with Crippen molar-refractivity contribution < 1.29 is 19.7 Å². The molecule has 0 aliphatic heterocycles. The molecule has 0 heterocycles. The van der Waals surface area contributed by atoms with Gasteiger partial charge in [0.15, 0.2) is 0 Å². The minimum Gasteiger partial charge on any atom is -0.449 e. The van der Waals surface area contributed by atoms with Crippen molar-refractivity contribution in [2.24, 2.45) is 0 Å². The fourth-order valence-electron chi connectivity index (χ4n) is 4.26. The number of alkyl carbamates (subject to hydrolysis) is 1. The number of anilines is 1. The topological polar surface area (TPSA) is 129 Å². The van der Waals surface area contributed by atoms with E-state index >= 15 is 0 Å². The SMILES string of the molecule is N#Cc1ccc(N)cc1C(O)C(O)CCNC(=O)OCC1c2ccccc2-c2ccccc21. The Morgan fingerprint density at radius 2 is 1.70 bits per heavy atom. The zero-order valence-corrected chi connectivity index (χ0v) is 17.9. The molecule has 0 saturated carbocycles. The number of nitrogens with one attached hydrogen (secondary N) is 1. The van der Waals surface area contributed by atoms with Gasteiger partial charge in [-0.1, -0.05) is 48.5 Å². The summed E-state index contributed by atoms with van der Waals surface area (Å²) in [4.78, 5) is 12.3. The lowest BCUT2D eigenvalue weighted by Gasteiger charge is -2.20. The van der Waals surface area contributed by atoms with Crippen LogP contribution in [0.5, 0.6) is 0 Å². The summed E-state index contributed by atoms with van der Waals surface area (Å²) in [5.74, 6) is -0.0384. The van der Waals surface area contributed by atoms with Crippen LogP contribution in [0.1, 0.15) is 40.7 Å². The number of carbonyl (C=O) groups excluding carboxylic acids is 1. The van der Waals surface area contributed by atoms with Gasteiger partial charge in [-0.3, -0.25) is 0 Å². The Labute approximate surface area is 192 Å². The summed E-state index contributed by atoms with van der Waals surface area (Å²) in [7, 11) is 0. The van der Waals surface area contributed by atoms with Crippen LogP contribution in [0.3, 0.4) is 0 Å². The van der Waals surface area contributed by atoms with Crippen molar-refractivity contribution in [3.8, 4) is 17.2 Å². The highest BCUT2D eigenvalue weighted by Crippen LogP contribution is 2.44. The molecule has 4 rings (SSSR count). The van der Waals surface area contributed by atoms with Crippen LogP contribution in [-0.4, -0.2) is 35.6 Å². The minimum absolute atomic E-state index is 0.0384. The van der Waals surface area contributed by atoms with Gasteiger partial charge in [0, 0.05) is 23.7 Å². The van der Waals surface area contributed by atoms with Crippen LogP contribution in [0.25, 0.3) is 11.1 Å². The van der Waals surface area contributed by atoms with Crippen molar-refractivity contribution in [1.82, 2.24) is 5.32 Å². The summed E-state index contributed by atoms with van der Waals surface area (Å²) in [5.41, 5.74) is 11.2. The minimum atomic E-state index is -1.30. The number of aliphatic hydroxyl groups excluding tert-OH is 2. The van der Waals surface area contributed by atoms with Crippen molar-refractivity contribution in [3.05, 3.63) is 89.0 Å². The van der Waals surface area contributed by atoms with Crippen LogP contribution in [0.4, 0.5) is 10.5 Å². The molecule has 1 aliphatic rings. The molecule has 168 valence electrons. The van der Waals surface area contributed by atoms with Crippen LogP contribution in [0.15, 0.2) is 66.7 Å². The second-order valence-electron chi connectivity index (χ2n) is 8.01. The normalized spacial score (nSPS) is 14.0. The molecule has 7 heteroatoms. The first-order chi connectivity index (χ1) is 16.0. The average molecular weight is 444 g/mol. The van der Waals surface area contributed by atoms with E-state index in [2.05, 4.69) is 17.4 Å². The summed E-state index contributed by atoms with van der Waals surface area (Å²) in [6.07, 6.45) is -3.01. The lowest BCUT2D eigenvalue weighted by Crippen LogP contribution is -2.30. The first kappa shape index (κ1) is 22.3. The van der Waals surface area contributed by atoms with Gasteiger partial charge in [0.25, 0.3) is 0 Å². The van der Waals surface area contributed by atoms with Gasteiger partial charge in [-0.05, 0) is 46.9 Å². The zero-order valence-electron chi connectivity index (χ0n) is 17.9. The summed E-state index contributed by atoms with van der Waals surface area (Å²) < 4.78 is 5.47. The third kappa shape index (κ3) is 4.67. The summed E-state index contributed by atoms with van der Waals surface area (Å²) >= 11 is 0. The Bertz CT molecular complexity index is 1160. The quantitative estimate of drug-likeness (QED) is 0.414. The van der Waals surface area contributed by atoms with Crippen molar-refractivity contribution in [2.45, 2.75) is 24.5 Å². The number of nitrogens with zero attached hydrogens (tertiary/aromatic N) is 1. The Morgan fingerprint density at radius 1 is 1.06 bits per heavy atom. The van der Waals surface area contributed by atoms with Crippen molar-refractivity contribution >= 4 is 11.8 Å². The number of nitriles is 1. The molecule has 0 spiro atoms. The van der Waals surface area contributed by atoms with Crippen LogP contribution < -0.4 is 11.1 Å². The summed E-state index contributed by atoms with van der Waals surface area (Å²) in [6.45, 7) is 0.291. The fourth-order valence-corrected chi connectivity index (χ4v) is 4.26. The maximum absolute atomic E-state index is 12.3. The predicted octanol–water partition coefficient (Wildman–Crippen LogP) is 3.46. The standard InChI is InChI=1S/C26H25N3O4/c27-14-16-9-10-17(28)13-22(16)25(31)24(30)11-12-29-26(32)33-15-23-20-7-3-1-5-18(20)19-6-2-4-8-21(19)23/h1-10,13,23-25,30-31H,11-12,15,28H2,(H,29,32). The highest BCUT2D eigenvalue weighted by molar-refractivity contribution is 5.79. The third-order valence-electron chi connectivity index (χ3n) is 5.93. The van der Waals surface area contributed by atoms with Gasteiger partial charge in [0.2, 0.25) is 0 Å². The van der Waals surface area contributed by atoms with Crippen molar-refractivity contribution in [3.63, 3.8) is 0 Å². The molecular formula is C26H25N3O4. The molecule has 33 heavy (non-hydrogen) atoms. The second kappa shape index (κ2) is 9.74. The largest absolute Gasteiger partial charge is 0.449 e. The molecule has 0 saturated heterocycles. The lowest BCUT2D eigenvalue weighted by atomic mass is 9.97. The Kier molecular flexibility index (Phi) is 6.59. The van der Waals surface area contributed by atoms with Gasteiger partial charge in [-0.15, -0.1) is 0 Å². The number of benzene rings is 3. The van der Waals surface area contributed by atoms with E-state index < -0.39 is 18.3 Å². The highest BCUT2D eigenvalue weighted by Gasteiger charge is 2.29. The van der Waals surface area contributed by atoms with E-state index in [1.165, 1.54) is 12.1 Å². The van der Waals surface area contributed by atoms with Crippen LogP contribution >= 0.6 is 0 Å². The van der Waals surface area contributed by atoms with Gasteiger partial charge < -0.3 is 26.0 Å². The van der Waals surface area contributed by atoms with Gasteiger partial charge in [-0.25, -0.2) is 4.79 Å². The van der Waals surface area contributed by atoms with Gasteiger partial charge >= 0.3 is 6.09 Å². The van der Waals surface area contributed by atoms with Gasteiger partial charge in [-0.2, -0.15) is 5.26 Å². The van der Waals surface area contributed by atoms with E-state index in [4.69, 9.17) is 10.5 Å². The number of hydrogen-bond donors (Lipinski definition) is 4. The fraction of sp³-hybridized carbons (Fsp3) is 0.231. The second-order valence-corrected chi connectivity index (χ2v) is 8.01. The number of ether oxygens (including phenoxy) is 1. The van der Waals surface area contributed by atoms with Crippen molar-refractivity contribution in [1.29, 1.82) is 5.26 Å². The Morgan fingerprint density at radius 3 is 2.33 bits per heavy atom. The molecule has 0 radical (unpaired) electrons. The number of nitrogens with two attached hydrogens (primary N) is 1. The molecule has 2 atom stereocenters. The molecule has 1 aliphatic carbocycles. The molecular weight excluding hydrogens is 418 g/mol. The molecule has 3 aromatic carbocycles. The van der Waals surface area contributed by atoms with Crippen LogP contribution in [0, 0.1) is 11.3 Å². The van der Waals surface area contributed by atoms with E-state index in [1.807, 2.05) is 42.5 Å². The highest BCUT2D eigenvalue weighted by atomic mass is 16.5. The van der Waals surface area contributed by atoms with E-state index in [-0.39, 0.29) is 36.6 Å². The number of carbonyl (C=O) groups is 1. The molecule has 3 aromatic rings. The molecule has 0 aromatic heterocycles. The maximum Gasteiger partial charge on any atom is 0.407 e. The van der Waals surface area contributed by atoms with Crippen molar-refractivity contribution in [2.75, 3.05) is 18.9 Å². The zero-order chi connectivity index (χ0) is 23.4. The first-order valence-electron chi connectivity index (χ1n) is 10.7. The number of amides is 1. The van der Waals surface area contributed by atoms with Crippen LogP contribution in [-0.2, 0) is 4.74 Å². The predicted molar refractivity (Wildman–Crippen MR) is 124 cm³/mol. The molecule has 1 amide bonds. The molecule has 7 nitrogen and oxygen atoms in total. The maximum atomic E-state index is 12.3. The first-order valence-corrected chi connectivity index (χ1v) is 10.7. The van der Waals surface area contributed by atoms with Crippen LogP contribution in [0.2, 0.25) is 0 Å². The molecule has 0 fully saturated rings. The van der Waals surface area contributed by atoms with E-state index in [1.54, 1.807) is 6.07 Å². The number of aliphatic hydroxyl groups is 2. The summed E-state index contributed by atoms with van der Waals surface area (Å²) in [5, 5.41) is 32.6. The molecule has 5 N–H and O–H groups in total. The van der Waals surface area contributed by atoms with Gasteiger partial charge in [0.05, 0.1) is 17.7 Å². The third-order valence-corrected chi connectivity index (χ3v) is 5.93. The van der Waals surface area contributed by atoms with E-state index in [0.29, 0.717) is 5.69 Å². The van der Waals surface area contributed by atoms with E-state index in [0.717, 1.165) is 22.3 Å². The van der Waals surface area contributed by atoms with Gasteiger partial charge in [0.1, 0.15) is 12.7 Å². The number of fused-ring (bicyclic) bond motifs is 3. The summed E-state index contributed by atoms with van der Waals surface area (Å²) in [6, 6.07) is 22.7. The van der Waals surface area contributed by atoms with E-state index in [9.17, 15) is 20.3 Å². The average Bonchev–Trinajstić information content (AvgIpc) is 3.16. The number of rotatable bonds is 7. The molecule has 2 unspecified atom stereocenters. The smallest absolute Gasteiger partial charge is 0.407 e. The Hall–Kier alpha value is -3.86.